The molecule has 1 aliphatic carbocycles. The number of methoxy groups -OCH3 is 1. The van der Waals surface area contributed by atoms with E-state index in [4.69, 9.17) is 4.74 Å². The highest BCUT2D eigenvalue weighted by Crippen LogP contribution is 2.46. The summed E-state index contributed by atoms with van der Waals surface area (Å²) in [4.78, 5) is 24.1. The van der Waals surface area contributed by atoms with Gasteiger partial charge in [-0.15, -0.1) is 0 Å². The van der Waals surface area contributed by atoms with Gasteiger partial charge < -0.3 is 4.74 Å². The molecule has 0 aromatic rings. The lowest BCUT2D eigenvalue weighted by Crippen LogP contribution is -2.41. The summed E-state index contributed by atoms with van der Waals surface area (Å²) in [5, 5.41) is 0. The summed E-state index contributed by atoms with van der Waals surface area (Å²) in [5.74, 6) is 0.136. The van der Waals surface area contributed by atoms with Crippen LogP contribution in [0, 0.1) is 17.3 Å². The highest BCUT2D eigenvalue weighted by atomic mass is 16.5. The fraction of sp³-hybridized carbons (Fsp3) is 0.750. The van der Waals surface area contributed by atoms with Crippen molar-refractivity contribution in [2.24, 2.45) is 17.3 Å². The molecule has 1 aliphatic rings. The lowest BCUT2D eigenvalue weighted by atomic mass is 9.71. The number of ether oxygens (including phenoxy) is 1. The van der Waals surface area contributed by atoms with Crippen LogP contribution < -0.4 is 0 Å². The summed E-state index contributed by atoms with van der Waals surface area (Å²) in [6, 6.07) is 0. The molecule has 3 atom stereocenters. The predicted molar refractivity (Wildman–Crippen MR) is 75.7 cm³/mol. The van der Waals surface area contributed by atoms with E-state index in [-0.39, 0.29) is 17.7 Å². The fourth-order valence-corrected chi connectivity index (χ4v) is 3.21. The van der Waals surface area contributed by atoms with Gasteiger partial charge in [0.15, 0.2) is 0 Å². The Morgan fingerprint density at radius 2 is 2.16 bits per heavy atom. The van der Waals surface area contributed by atoms with Crippen LogP contribution in [-0.2, 0) is 14.3 Å². The molecule has 1 rings (SSSR count). The SMILES string of the molecule is COC(=O)[C@]1(C)C(=O)CC[C@@H]1[C@H](C)CCC=C(C)C. The Labute approximate surface area is 116 Å². The first-order valence-electron chi connectivity index (χ1n) is 7.09. The molecule has 0 radical (unpaired) electrons. The zero-order chi connectivity index (χ0) is 14.6. The first-order chi connectivity index (χ1) is 8.83. The number of carbonyl (C=O) groups excluding carboxylic acids is 2. The minimum atomic E-state index is -0.931. The lowest BCUT2D eigenvalue weighted by Gasteiger charge is -2.31. The summed E-state index contributed by atoms with van der Waals surface area (Å²) < 4.78 is 4.86. The Morgan fingerprint density at radius 1 is 1.53 bits per heavy atom. The molecule has 0 N–H and O–H groups in total. The quantitative estimate of drug-likeness (QED) is 0.434. The normalized spacial score (nSPS) is 28.1. The third-order valence-corrected chi connectivity index (χ3v) is 4.47. The fourth-order valence-electron chi connectivity index (χ4n) is 3.21. The van der Waals surface area contributed by atoms with Crippen molar-refractivity contribution in [2.45, 2.75) is 53.4 Å². The van der Waals surface area contributed by atoms with Crippen molar-refractivity contribution in [2.75, 3.05) is 7.11 Å². The maximum Gasteiger partial charge on any atom is 0.319 e. The zero-order valence-corrected chi connectivity index (χ0v) is 12.8. The minimum absolute atomic E-state index is 0.0402. The molecule has 1 fully saturated rings. The van der Waals surface area contributed by atoms with Gasteiger partial charge in [-0.1, -0.05) is 18.6 Å². The lowest BCUT2D eigenvalue weighted by molar-refractivity contribution is -0.159. The van der Waals surface area contributed by atoms with E-state index in [1.54, 1.807) is 6.92 Å². The van der Waals surface area contributed by atoms with E-state index in [2.05, 4.69) is 26.8 Å². The second-order valence-electron chi connectivity index (χ2n) is 6.10. The van der Waals surface area contributed by atoms with Crippen LogP contribution in [0.2, 0.25) is 0 Å². The van der Waals surface area contributed by atoms with Gasteiger partial charge in [0.25, 0.3) is 0 Å². The number of Topliss-reactive ketones (excluding diaryl/α,β-unsaturated/α-hetero) is 1. The molecule has 0 aliphatic heterocycles. The van der Waals surface area contributed by atoms with Crippen molar-refractivity contribution in [1.82, 2.24) is 0 Å². The second kappa shape index (κ2) is 6.36. The third kappa shape index (κ3) is 3.26. The highest BCUT2D eigenvalue weighted by molar-refractivity contribution is 6.05. The molecular weight excluding hydrogens is 240 g/mol. The van der Waals surface area contributed by atoms with Gasteiger partial charge in [-0.2, -0.15) is 0 Å². The molecule has 0 amide bonds. The number of hydrogen-bond acceptors (Lipinski definition) is 3. The molecular formula is C16H26O3. The standard InChI is InChI=1S/C16H26O3/c1-11(2)7-6-8-12(3)13-9-10-14(17)16(13,4)15(18)19-5/h7,12-13H,6,8-10H2,1-5H3/t12-,13-,16+/m1/s1. The van der Waals surface area contributed by atoms with Crippen LogP contribution >= 0.6 is 0 Å². The van der Waals surface area contributed by atoms with Crippen LogP contribution in [0.1, 0.15) is 53.4 Å². The highest BCUT2D eigenvalue weighted by Gasteiger charge is 2.54. The monoisotopic (exact) mass is 266 g/mol. The second-order valence-corrected chi connectivity index (χ2v) is 6.10. The van der Waals surface area contributed by atoms with E-state index in [1.807, 2.05) is 0 Å². The van der Waals surface area contributed by atoms with Gasteiger partial charge in [0.05, 0.1) is 7.11 Å². The summed E-state index contributed by atoms with van der Waals surface area (Å²) in [7, 11) is 1.37. The number of hydrogen-bond donors (Lipinski definition) is 0. The average Bonchev–Trinajstić information content (AvgIpc) is 2.65. The molecule has 0 unspecified atom stereocenters. The topological polar surface area (TPSA) is 43.4 Å². The van der Waals surface area contributed by atoms with Crippen molar-refractivity contribution in [3.8, 4) is 0 Å². The minimum Gasteiger partial charge on any atom is -0.468 e. The molecule has 0 saturated heterocycles. The van der Waals surface area contributed by atoms with Crippen LogP contribution in [0.3, 0.4) is 0 Å². The van der Waals surface area contributed by atoms with Gasteiger partial charge in [0, 0.05) is 6.42 Å². The Morgan fingerprint density at radius 3 is 2.68 bits per heavy atom. The van der Waals surface area contributed by atoms with E-state index in [0.29, 0.717) is 12.3 Å². The van der Waals surface area contributed by atoms with Gasteiger partial charge in [0.2, 0.25) is 0 Å². The van der Waals surface area contributed by atoms with Crippen molar-refractivity contribution in [3.05, 3.63) is 11.6 Å². The molecule has 19 heavy (non-hydrogen) atoms. The molecule has 0 bridgehead atoms. The first-order valence-corrected chi connectivity index (χ1v) is 7.09. The van der Waals surface area contributed by atoms with Crippen LogP contribution in [0.15, 0.2) is 11.6 Å². The molecule has 0 heterocycles. The maximum absolute atomic E-state index is 12.1. The predicted octanol–water partition coefficient (Wildman–Crippen LogP) is 3.53. The molecule has 3 heteroatoms. The summed E-state index contributed by atoms with van der Waals surface area (Å²) in [6.45, 7) is 8.07. The Balaban J connectivity index is 2.78. The van der Waals surface area contributed by atoms with Gasteiger partial charge in [0.1, 0.15) is 11.2 Å². The summed E-state index contributed by atoms with van der Waals surface area (Å²) in [5.41, 5.74) is 0.379. The van der Waals surface area contributed by atoms with Crippen LogP contribution in [0.25, 0.3) is 0 Å². The average molecular weight is 266 g/mol. The van der Waals surface area contributed by atoms with E-state index < -0.39 is 5.41 Å². The molecule has 108 valence electrons. The Bertz CT molecular complexity index is 379. The number of ketones is 1. The molecule has 0 aromatic carbocycles. The Hall–Kier alpha value is -1.12. The van der Waals surface area contributed by atoms with Crippen molar-refractivity contribution >= 4 is 11.8 Å². The van der Waals surface area contributed by atoms with E-state index >= 15 is 0 Å². The summed E-state index contributed by atoms with van der Waals surface area (Å²) in [6.07, 6.45) is 5.54. The molecule has 3 nitrogen and oxygen atoms in total. The molecule has 0 aromatic heterocycles. The van der Waals surface area contributed by atoms with Crippen molar-refractivity contribution in [3.63, 3.8) is 0 Å². The van der Waals surface area contributed by atoms with Gasteiger partial charge >= 0.3 is 5.97 Å². The van der Waals surface area contributed by atoms with E-state index in [0.717, 1.165) is 19.3 Å². The van der Waals surface area contributed by atoms with E-state index in [1.165, 1.54) is 12.7 Å². The maximum atomic E-state index is 12.1. The number of esters is 1. The van der Waals surface area contributed by atoms with Crippen LogP contribution in [0.4, 0.5) is 0 Å². The van der Waals surface area contributed by atoms with Crippen LogP contribution in [0.5, 0.6) is 0 Å². The van der Waals surface area contributed by atoms with Crippen molar-refractivity contribution in [1.29, 1.82) is 0 Å². The number of allylic oxidation sites excluding steroid dienone is 2. The third-order valence-electron chi connectivity index (χ3n) is 4.47. The van der Waals surface area contributed by atoms with Crippen LogP contribution in [-0.4, -0.2) is 18.9 Å². The number of carbonyl (C=O) groups is 2. The number of rotatable bonds is 5. The Kier molecular flexibility index (Phi) is 5.33. The van der Waals surface area contributed by atoms with Gasteiger partial charge in [-0.3, -0.25) is 9.59 Å². The molecule has 0 spiro atoms. The van der Waals surface area contributed by atoms with Gasteiger partial charge in [-0.25, -0.2) is 0 Å². The summed E-state index contributed by atoms with van der Waals surface area (Å²) >= 11 is 0. The van der Waals surface area contributed by atoms with E-state index in [9.17, 15) is 9.59 Å². The van der Waals surface area contributed by atoms with Gasteiger partial charge in [-0.05, 0) is 51.9 Å². The molecule has 1 saturated carbocycles. The first kappa shape index (κ1) is 15.9. The largest absolute Gasteiger partial charge is 0.468 e. The van der Waals surface area contributed by atoms with Crippen molar-refractivity contribution < 1.29 is 14.3 Å². The zero-order valence-electron chi connectivity index (χ0n) is 12.8. The smallest absolute Gasteiger partial charge is 0.319 e.